The van der Waals surface area contributed by atoms with Crippen LogP contribution in [0.3, 0.4) is 0 Å². The van der Waals surface area contributed by atoms with Crippen molar-refractivity contribution in [3.05, 3.63) is 0 Å². The zero-order chi connectivity index (χ0) is 8.27. The van der Waals surface area contributed by atoms with Crippen LogP contribution in [0.1, 0.15) is 28.1 Å². The molecule has 0 aromatic rings. The quantitative estimate of drug-likeness (QED) is 0.572. The SMILES string of the molecule is CC.CN1CCC2CC(C1)N2.[HH]. The van der Waals surface area contributed by atoms with Crippen molar-refractivity contribution >= 4 is 0 Å². The van der Waals surface area contributed by atoms with Gasteiger partial charge >= 0.3 is 0 Å². The molecule has 3 rings (SSSR count). The van der Waals surface area contributed by atoms with Crippen molar-refractivity contribution in [2.24, 2.45) is 0 Å². The highest BCUT2D eigenvalue weighted by Crippen LogP contribution is 2.19. The van der Waals surface area contributed by atoms with Gasteiger partial charge in [0.1, 0.15) is 0 Å². The molecule has 3 fully saturated rings. The maximum atomic E-state index is 3.53. The standard InChI is InChI=1S/C7H14N2.C2H6.H2/c1-9-3-2-6-4-7(5-9)8-6;1-2;/h6-8H,2-5H2,1H3;1-2H3;1H. The van der Waals surface area contributed by atoms with E-state index in [1.54, 1.807) is 0 Å². The van der Waals surface area contributed by atoms with Gasteiger partial charge in [-0.2, -0.15) is 0 Å². The average molecular weight is 158 g/mol. The molecule has 2 heteroatoms. The second-order valence-corrected chi connectivity index (χ2v) is 3.35. The lowest BCUT2D eigenvalue weighted by Crippen LogP contribution is -2.53. The molecule has 0 aliphatic carbocycles. The Morgan fingerprint density at radius 1 is 1.36 bits per heavy atom. The Morgan fingerprint density at radius 3 is 2.64 bits per heavy atom. The van der Waals surface area contributed by atoms with Crippen LogP contribution in [0.25, 0.3) is 0 Å². The molecular formula is C9H22N2. The van der Waals surface area contributed by atoms with E-state index in [-0.39, 0.29) is 1.43 Å². The molecule has 0 radical (unpaired) electrons. The van der Waals surface area contributed by atoms with Gasteiger partial charge in [0.2, 0.25) is 0 Å². The van der Waals surface area contributed by atoms with Crippen LogP contribution in [-0.4, -0.2) is 37.1 Å². The van der Waals surface area contributed by atoms with Crippen molar-refractivity contribution < 1.29 is 1.43 Å². The number of fused-ring (bicyclic) bond motifs is 3. The highest BCUT2D eigenvalue weighted by Gasteiger charge is 2.31. The van der Waals surface area contributed by atoms with Crippen molar-refractivity contribution in [1.82, 2.24) is 10.2 Å². The molecule has 3 aliphatic heterocycles. The summed E-state index contributed by atoms with van der Waals surface area (Å²) in [5, 5.41) is 3.53. The van der Waals surface area contributed by atoms with Crippen LogP contribution >= 0.6 is 0 Å². The predicted octanol–water partition coefficient (Wildman–Crippen LogP) is 1.32. The number of hydrogen-bond donors (Lipinski definition) is 1. The van der Waals surface area contributed by atoms with E-state index < -0.39 is 0 Å². The van der Waals surface area contributed by atoms with Gasteiger partial charge in [0, 0.05) is 20.1 Å². The summed E-state index contributed by atoms with van der Waals surface area (Å²) in [5.41, 5.74) is 0. The number of hydrogen-bond acceptors (Lipinski definition) is 2. The average Bonchev–Trinajstić information content (AvgIpc) is 2.22. The number of likely N-dealkylation sites (N-methyl/N-ethyl adjacent to an activating group) is 1. The second kappa shape index (κ2) is 4.07. The Kier molecular flexibility index (Phi) is 3.34. The van der Waals surface area contributed by atoms with Gasteiger partial charge in [0.15, 0.2) is 0 Å². The van der Waals surface area contributed by atoms with E-state index >= 15 is 0 Å². The first-order chi connectivity index (χ1) is 5.34. The van der Waals surface area contributed by atoms with E-state index in [1.807, 2.05) is 13.8 Å². The van der Waals surface area contributed by atoms with E-state index in [1.165, 1.54) is 25.9 Å². The molecule has 3 aliphatic rings. The zero-order valence-electron chi connectivity index (χ0n) is 7.93. The maximum absolute atomic E-state index is 3.53. The highest BCUT2D eigenvalue weighted by atomic mass is 15.2. The lowest BCUT2D eigenvalue weighted by Gasteiger charge is -2.34. The summed E-state index contributed by atoms with van der Waals surface area (Å²) in [5.74, 6) is 0. The normalized spacial score (nSPS) is 36.3. The Morgan fingerprint density at radius 2 is 2.00 bits per heavy atom. The molecule has 68 valence electrons. The largest absolute Gasteiger partial charge is 0.310 e. The molecule has 3 heterocycles. The topological polar surface area (TPSA) is 15.3 Å². The highest BCUT2D eigenvalue weighted by molar-refractivity contribution is 4.93. The predicted molar refractivity (Wildman–Crippen MR) is 50.9 cm³/mol. The third-order valence-electron chi connectivity index (χ3n) is 2.43. The number of nitrogens with one attached hydrogen (secondary N) is 1. The van der Waals surface area contributed by atoms with Gasteiger partial charge in [-0.3, -0.25) is 0 Å². The van der Waals surface area contributed by atoms with Crippen LogP contribution < -0.4 is 5.32 Å². The van der Waals surface area contributed by atoms with Crippen LogP contribution in [-0.2, 0) is 0 Å². The van der Waals surface area contributed by atoms with Gasteiger partial charge in [0.05, 0.1) is 0 Å². The number of rotatable bonds is 0. The Labute approximate surface area is 71.4 Å². The minimum Gasteiger partial charge on any atom is -0.310 e. The molecule has 0 spiro atoms. The molecule has 0 amide bonds. The first kappa shape index (κ1) is 9.01. The molecule has 2 nitrogen and oxygen atoms in total. The minimum absolute atomic E-state index is 0. The van der Waals surface area contributed by atoms with E-state index in [2.05, 4.69) is 17.3 Å². The second-order valence-electron chi connectivity index (χ2n) is 3.35. The molecule has 0 aromatic heterocycles. The van der Waals surface area contributed by atoms with Crippen LogP contribution in [0, 0.1) is 0 Å². The summed E-state index contributed by atoms with van der Waals surface area (Å²) < 4.78 is 0. The molecule has 0 aromatic carbocycles. The third kappa shape index (κ3) is 2.17. The number of nitrogens with zero attached hydrogens (tertiary/aromatic N) is 1. The van der Waals surface area contributed by atoms with Gasteiger partial charge < -0.3 is 10.2 Å². The summed E-state index contributed by atoms with van der Waals surface area (Å²) in [6, 6.07) is 1.68. The smallest absolute Gasteiger partial charge is 0.0212 e. The van der Waals surface area contributed by atoms with Crippen molar-refractivity contribution in [3.63, 3.8) is 0 Å². The van der Waals surface area contributed by atoms with E-state index in [0.29, 0.717) is 0 Å². The van der Waals surface area contributed by atoms with Crippen LogP contribution in [0.15, 0.2) is 0 Å². The summed E-state index contributed by atoms with van der Waals surface area (Å²) in [7, 11) is 2.21. The first-order valence-corrected chi connectivity index (χ1v) is 4.79. The van der Waals surface area contributed by atoms with Gasteiger partial charge in [-0.1, -0.05) is 13.8 Å². The van der Waals surface area contributed by atoms with Crippen LogP contribution in [0.2, 0.25) is 0 Å². The molecule has 2 unspecified atom stereocenters. The zero-order valence-corrected chi connectivity index (χ0v) is 7.93. The fraction of sp³-hybridized carbons (Fsp3) is 1.00. The van der Waals surface area contributed by atoms with E-state index in [4.69, 9.17) is 0 Å². The van der Waals surface area contributed by atoms with Gasteiger partial charge in [-0.15, -0.1) is 0 Å². The Balaban J connectivity index is 0.000000378. The summed E-state index contributed by atoms with van der Waals surface area (Å²) >= 11 is 0. The van der Waals surface area contributed by atoms with Crippen molar-refractivity contribution in [2.75, 3.05) is 20.1 Å². The van der Waals surface area contributed by atoms with Crippen LogP contribution in [0.5, 0.6) is 0 Å². The molecule has 11 heavy (non-hydrogen) atoms. The van der Waals surface area contributed by atoms with E-state index in [0.717, 1.165) is 12.1 Å². The fourth-order valence-electron chi connectivity index (χ4n) is 1.82. The summed E-state index contributed by atoms with van der Waals surface area (Å²) in [6.07, 6.45) is 2.78. The van der Waals surface area contributed by atoms with Crippen molar-refractivity contribution in [1.29, 1.82) is 0 Å². The molecule has 2 bridgehead atoms. The lowest BCUT2D eigenvalue weighted by atomic mass is 9.97. The monoisotopic (exact) mass is 158 g/mol. The maximum Gasteiger partial charge on any atom is 0.0212 e. The van der Waals surface area contributed by atoms with Gasteiger partial charge in [-0.25, -0.2) is 0 Å². The minimum atomic E-state index is 0. The Bertz CT molecular complexity index is 113. The molecule has 1 N–H and O–H groups in total. The Hall–Kier alpha value is -0.0800. The fourth-order valence-corrected chi connectivity index (χ4v) is 1.82. The molecule has 0 saturated carbocycles. The lowest BCUT2D eigenvalue weighted by molar-refractivity contribution is 0.258. The van der Waals surface area contributed by atoms with Crippen LogP contribution in [0.4, 0.5) is 0 Å². The molecular weight excluding hydrogens is 136 g/mol. The third-order valence-corrected chi connectivity index (χ3v) is 2.43. The summed E-state index contributed by atoms with van der Waals surface area (Å²) in [6.45, 7) is 6.55. The van der Waals surface area contributed by atoms with E-state index in [9.17, 15) is 0 Å². The van der Waals surface area contributed by atoms with Gasteiger partial charge in [-0.05, 0) is 26.4 Å². The van der Waals surface area contributed by atoms with Gasteiger partial charge in [0.25, 0.3) is 0 Å². The van der Waals surface area contributed by atoms with Crippen molar-refractivity contribution in [3.8, 4) is 0 Å². The molecule has 3 saturated heterocycles. The van der Waals surface area contributed by atoms with Crippen molar-refractivity contribution in [2.45, 2.75) is 38.8 Å². The summed E-state index contributed by atoms with van der Waals surface area (Å²) in [4.78, 5) is 2.42. The molecule has 2 atom stereocenters. The first-order valence-electron chi connectivity index (χ1n) is 4.79.